The Hall–Kier alpha value is -8.90. The van der Waals surface area contributed by atoms with Gasteiger partial charge < -0.3 is 14.2 Å². The lowest BCUT2D eigenvalue weighted by atomic mass is 9.96. The summed E-state index contributed by atoms with van der Waals surface area (Å²) in [5.41, 5.74) is 11.3. The Kier molecular flexibility index (Phi) is 9.20. The van der Waals surface area contributed by atoms with E-state index >= 15 is 0 Å². The monoisotopic (exact) mass is 818 g/mol. The van der Waals surface area contributed by atoms with Crippen LogP contribution >= 0.6 is 0 Å². The largest absolute Gasteiger partial charge is 0.456 e. The van der Waals surface area contributed by atoms with Crippen LogP contribution in [0.4, 0.5) is 0 Å². The summed E-state index contributed by atoms with van der Waals surface area (Å²) in [5.74, 6) is 2.70. The number of hydrogen-bond acceptors (Lipinski definition) is 10. The Balaban J connectivity index is 0.00000219. The maximum Gasteiger partial charge on any atom is 0.169 e. The summed E-state index contributed by atoms with van der Waals surface area (Å²) in [4.78, 5) is 13.7. The van der Waals surface area contributed by atoms with Gasteiger partial charge in [-0.3, -0.25) is 14.1 Å². The molecule has 12 aromatic rings. The molecule has 12 nitrogen and oxygen atoms in total. The van der Waals surface area contributed by atoms with Crippen molar-refractivity contribution in [2.45, 2.75) is 6.42 Å². The zero-order chi connectivity index (χ0) is 42.3. The van der Waals surface area contributed by atoms with Crippen LogP contribution in [0, 0.1) is 5.41 Å². The van der Waals surface area contributed by atoms with Crippen molar-refractivity contribution in [3.05, 3.63) is 188 Å². The summed E-state index contributed by atoms with van der Waals surface area (Å²) >= 11 is 0. The van der Waals surface area contributed by atoms with E-state index < -0.39 is 0 Å². The van der Waals surface area contributed by atoms with Crippen molar-refractivity contribution in [3.63, 3.8) is 0 Å². The van der Waals surface area contributed by atoms with Gasteiger partial charge in [-0.1, -0.05) is 36.4 Å². The smallest absolute Gasteiger partial charge is 0.169 e. The predicted octanol–water partition coefficient (Wildman–Crippen LogP) is 11.4. The Morgan fingerprint density at radius 1 is 0.429 bits per heavy atom. The molecular weight excluding hydrogens is 785 g/mol. The first-order valence-electron chi connectivity index (χ1n) is 20.1. The Labute approximate surface area is 359 Å². The molecule has 300 valence electrons. The van der Waals surface area contributed by atoms with Gasteiger partial charge in [-0.2, -0.15) is 0 Å². The van der Waals surface area contributed by atoms with Crippen LogP contribution in [0.25, 0.3) is 101 Å². The molecule has 12 rings (SSSR count). The lowest BCUT2D eigenvalue weighted by Gasteiger charge is -2.12. The first-order valence-corrected chi connectivity index (χ1v) is 20.1. The molecule has 12 heteroatoms. The van der Waals surface area contributed by atoms with Crippen molar-refractivity contribution in [3.8, 4) is 56.8 Å². The lowest BCUT2D eigenvalue weighted by molar-refractivity contribution is 0.668. The third-order valence-electron chi connectivity index (χ3n) is 11.1. The molecule has 7 aromatic heterocycles. The Bertz CT molecular complexity index is 3500. The van der Waals surface area contributed by atoms with Crippen molar-refractivity contribution in [1.29, 1.82) is 5.41 Å². The maximum absolute atomic E-state index is 6.41. The number of hydrogen-bond donors (Lipinski definition) is 1. The fourth-order valence-electron chi connectivity index (χ4n) is 8.22. The molecule has 63 heavy (non-hydrogen) atoms. The van der Waals surface area contributed by atoms with Crippen molar-refractivity contribution in [2.24, 2.45) is 0 Å². The highest BCUT2D eigenvalue weighted by molar-refractivity contribution is 6.08. The number of nitrogens with zero attached hydrogens (tertiary/aromatic N) is 9. The number of fused-ring (bicyclic) bond motifs is 6. The Morgan fingerprint density at radius 2 is 0.889 bits per heavy atom. The first kappa shape index (κ1) is 37.1. The van der Waals surface area contributed by atoms with E-state index in [9.17, 15) is 0 Å². The number of aromatic nitrogens is 9. The number of rotatable bonds is 8. The normalized spacial score (nSPS) is 11.4. The van der Waals surface area contributed by atoms with E-state index in [0.717, 1.165) is 83.8 Å². The Morgan fingerprint density at radius 3 is 1.40 bits per heavy atom. The molecule has 0 spiro atoms. The zero-order valence-electron chi connectivity index (χ0n) is 33.5. The summed E-state index contributed by atoms with van der Waals surface area (Å²) in [5, 5.41) is 27.4. The molecule has 0 saturated carbocycles. The molecule has 0 unspecified atom stereocenters. The van der Waals surface area contributed by atoms with Gasteiger partial charge in [-0.05, 0) is 145 Å². The average Bonchev–Trinajstić information content (AvgIpc) is 4.18. The molecule has 0 fully saturated rings. The molecule has 0 radical (unpaired) electrons. The van der Waals surface area contributed by atoms with Crippen LogP contribution in [-0.2, 0) is 6.42 Å². The standard InChI is InChI=1S/C50H31N9O2.CH3N/c1-4-18-51-42(7-1)34-13-17-46-41(28-34)39-23-32(11-15-44(39)61-46)21-31-10-14-43-38(22-31)40-27-33(12-16-45(40)60-43)35-24-36(49-56-54-29-58(49)47-8-2-5-19-52-47)26-37(25-35)50-57-55-30-59(50)48-9-3-6-20-53-48;1-2/h1-20,22-30H,21H2;2H,1H2. The van der Waals surface area contributed by atoms with Crippen LogP contribution in [0.2, 0.25) is 0 Å². The molecule has 0 aliphatic rings. The molecule has 0 bridgehead atoms. The highest BCUT2D eigenvalue weighted by Crippen LogP contribution is 2.38. The van der Waals surface area contributed by atoms with Gasteiger partial charge in [0.15, 0.2) is 11.6 Å². The van der Waals surface area contributed by atoms with E-state index in [1.54, 1.807) is 25.0 Å². The molecule has 0 atom stereocenters. The van der Waals surface area contributed by atoms with E-state index in [-0.39, 0.29) is 0 Å². The minimum atomic E-state index is 0.639. The van der Waals surface area contributed by atoms with Crippen LogP contribution in [0.1, 0.15) is 11.1 Å². The van der Waals surface area contributed by atoms with Crippen LogP contribution in [0.15, 0.2) is 186 Å². The highest BCUT2D eigenvalue weighted by Gasteiger charge is 2.19. The zero-order valence-corrected chi connectivity index (χ0v) is 33.5. The lowest BCUT2D eigenvalue weighted by Crippen LogP contribution is -2.01. The van der Waals surface area contributed by atoms with E-state index in [4.69, 9.17) is 14.2 Å². The molecule has 7 heterocycles. The number of pyridine rings is 3. The second-order valence-electron chi connectivity index (χ2n) is 14.9. The van der Waals surface area contributed by atoms with E-state index in [0.29, 0.717) is 23.3 Å². The summed E-state index contributed by atoms with van der Waals surface area (Å²) < 4.78 is 16.4. The molecule has 0 aliphatic carbocycles. The van der Waals surface area contributed by atoms with Crippen molar-refractivity contribution in [1.82, 2.24) is 44.5 Å². The topological polar surface area (TPSA) is 150 Å². The van der Waals surface area contributed by atoms with Crippen LogP contribution in [0.3, 0.4) is 0 Å². The van der Waals surface area contributed by atoms with E-state index in [2.05, 4.69) is 121 Å². The second kappa shape index (κ2) is 15.6. The third-order valence-corrected chi connectivity index (χ3v) is 11.1. The minimum Gasteiger partial charge on any atom is -0.456 e. The molecule has 5 aromatic carbocycles. The second-order valence-corrected chi connectivity index (χ2v) is 14.9. The van der Waals surface area contributed by atoms with Crippen molar-refractivity contribution in [2.75, 3.05) is 0 Å². The third kappa shape index (κ3) is 6.77. The van der Waals surface area contributed by atoms with Crippen LogP contribution in [-0.4, -0.2) is 51.2 Å². The molecule has 0 saturated heterocycles. The number of benzene rings is 5. The molecule has 0 aliphatic heterocycles. The highest BCUT2D eigenvalue weighted by atomic mass is 16.3. The van der Waals surface area contributed by atoms with Gasteiger partial charge in [0, 0.05) is 56.8 Å². The average molecular weight is 819 g/mol. The molecular formula is C51H34N10O2. The van der Waals surface area contributed by atoms with Crippen molar-refractivity contribution < 1.29 is 8.83 Å². The van der Waals surface area contributed by atoms with Gasteiger partial charge in [0.2, 0.25) is 0 Å². The quantitative estimate of drug-likeness (QED) is 0.148. The summed E-state index contributed by atoms with van der Waals surface area (Å²) in [6.45, 7) is 2.50. The SMILES string of the molecule is C=N.c1ccc(-c2ccc3oc4ccc(Cc5ccc6oc7ccc(-c8cc(-c9nncn9-c9ccccn9)cc(-c9nncn9-c9ccccn9)c8)cc7c6c5)cc4c3c2)nc1. The van der Waals surface area contributed by atoms with Crippen LogP contribution in [0.5, 0.6) is 0 Å². The predicted molar refractivity (Wildman–Crippen MR) is 245 cm³/mol. The number of nitrogens with one attached hydrogen (secondary N) is 1. The van der Waals surface area contributed by atoms with Gasteiger partial charge in [0.05, 0.1) is 5.69 Å². The van der Waals surface area contributed by atoms with Gasteiger partial charge in [0.1, 0.15) is 46.6 Å². The molecule has 1 N–H and O–H groups in total. The fourth-order valence-corrected chi connectivity index (χ4v) is 8.22. The number of furan rings is 2. The van der Waals surface area contributed by atoms with Crippen molar-refractivity contribution >= 4 is 50.6 Å². The first-order chi connectivity index (χ1) is 31.2. The van der Waals surface area contributed by atoms with E-state index in [1.807, 2.05) is 82.1 Å². The summed E-state index contributed by atoms with van der Waals surface area (Å²) in [6, 6.07) is 49.3. The van der Waals surface area contributed by atoms with Gasteiger partial charge >= 0.3 is 0 Å². The van der Waals surface area contributed by atoms with E-state index in [1.165, 1.54) is 11.1 Å². The van der Waals surface area contributed by atoms with Gasteiger partial charge in [-0.25, -0.2) is 9.97 Å². The van der Waals surface area contributed by atoms with Crippen LogP contribution < -0.4 is 0 Å². The summed E-state index contributed by atoms with van der Waals surface area (Å²) in [6.07, 6.45) is 9.43. The minimum absolute atomic E-state index is 0.639. The van der Waals surface area contributed by atoms with Gasteiger partial charge in [-0.15, -0.1) is 20.4 Å². The maximum atomic E-state index is 6.41. The fraction of sp³-hybridized carbons (Fsp3) is 0.0196. The summed E-state index contributed by atoms with van der Waals surface area (Å²) in [7, 11) is 0. The van der Waals surface area contributed by atoms with Gasteiger partial charge in [0.25, 0.3) is 0 Å². The molecule has 0 amide bonds.